The van der Waals surface area contributed by atoms with Gasteiger partial charge in [0.25, 0.3) is 0 Å². The maximum atomic E-state index is 6.16. The van der Waals surface area contributed by atoms with E-state index in [0.29, 0.717) is 5.04 Å². The van der Waals surface area contributed by atoms with Crippen molar-refractivity contribution in [2.24, 2.45) is 0 Å². The number of allylic oxidation sites excluding steroid dienone is 2. The molecule has 0 saturated carbocycles. The lowest BCUT2D eigenvalue weighted by Crippen LogP contribution is -2.40. The van der Waals surface area contributed by atoms with Crippen LogP contribution in [0.25, 0.3) is 0 Å². The van der Waals surface area contributed by atoms with Crippen LogP contribution < -0.4 is 0 Å². The van der Waals surface area contributed by atoms with Gasteiger partial charge in [-0.05, 0) is 42.7 Å². The van der Waals surface area contributed by atoms with E-state index in [0.717, 1.165) is 5.54 Å². The monoisotopic (exact) mass is 270 g/mol. The fourth-order valence-corrected chi connectivity index (χ4v) is 5.83. The molecule has 1 nitrogen and oxygen atoms in total. The Morgan fingerprint density at radius 1 is 1.12 bits per heavy atom. The molecule has 0 aliphatic heterocycles. The van der Waals surface area contributed by atoms with Gasteiger partial charge in [-0.1, -0.05) is 33.9 Å². The van der Waals surface area contributed by atoms with Crippen LogP contribution in [0.1, 0.15) is 33.6 Å². The Morgan fingerprint density at radius 2 is 1.65 bits per heavy atom. The van der Waals surface area contributed by atoms with Crippen LogP contribution in [0.3, 0.4) is 0 Å². The van der Waals surface area contributed by atoms with Gasteiger partial charge in [0.15, 0.2) is 0 Å². The molecule has 0 aromatic carbocycles. The second-order valence-corrected chi connectivity index (χ2v) is 18.1. The van der Waals surface area contributed by atoms with Gasteiger partial charge in [-0.3, -0.25) is 0 Å². The molecule has 0 bridgehead atoms. The lowest BCUT2D eigenvalue weighted by Gasteiger charge is -2.41. The first-order valence-corrected chi connectivity index (χ1v) is 13.3. The van der Waals surface area contributed by atoms with E-state index in [1.807, 2.05) is 0 Å². The van der Waals surface area contributed by atoms with Crippen molar-refractivity contribution in [1.82, 2.24) is 0 Å². The Morgan fingerprint density at radius 3 is 2.06 bits per heavy atom. The third-order valence-corrected chi connectivity index (χ3v) is 11.4. The summed E-state index contributed by atoms with van der Waals surface area (Å²) in [6, 6.07) is 0. The van der Waals surface area contributed by atoms with Crippen molar-refractivity contribution in [2.45, 2.75) is 76.9 Å². The molecule has 0 aromatic rings. The summed E-state index contributed by atoms with van der Waals surface area (Å²) in [5.41, 5.74) is 0.800. The Bertz CT molecular complexity index is 305. The van der Waals surface area contributed by atoms with Crippen molar-refractivity contribution >= 4 is 16.4 Å². The molecule has 1 rings (SSSR count). The zero-order valence-electron chi connectivity index (χ0n) is 13.0. The van der Waals surface area contributed by atoms with Crippen LogP contribution >= 0.6 is 0 Å². The van der Waals surface area contributed by atoms with Gasteiger partial charge in [-0.2, -0.15) is 0 Å². The first-order chi connectivity index (χ1) is 7.43. The minimum Gasteiger partial charge on any atom is -0.548 e. The predicted octanol–water partition coefficient (Wildman–Crippen LogP) is 5.39. The molecule has 0 heterocycles. The lowest BCUT2D eigenvalue weighted by molar-refractivity contribution is 0.408. The minimum atomic E-state index is -1.41. The average Bonchev–Trinajstić information content (AvgIpc) is 2.47. The summed E-state index contributed by atoms with van der Waals surface area (Å²) >= 11 is 0. The number of rotatable bonds is 3. The molecule has 0 saturated heterocycles. The van der Waals surface area contributed by atoms with Gasteiger partial charge in [0, 0.05) is 6.42 Å². The fraction of sp³-hybridized carbons (Fsp3) is 0.857. The summed E-state index contributed by atoms with van der Waals surface area (Å²) in [6.07, 6.45) is 4.95. The van der Waals surface area contributed by atoms with E-state index < -0.39 is 16.4 Å². The molecule has 3 heteroatoms. The third-order valence-electron chi connectivity index (χ3n) is 4.39. The molecule has 0 aromatic heterocycles. The molecule has 1 atom stereocenters. The molecule has 17 heavy (non-hydrogen) atoms. The molecule has 0 fully saturated rings. The first-order valence-electron chi connectivity index (χ1n) is 6.83. The molecule has 100 valence electrons. The Hall–Kier alpha value is -0.0262. The van der Waals surface area contributed by atoms with Crippen LogP contribution in [-0.4, -0.2) is 16.4 Å². The van der Waals surface area contributed by atoms with Gasteiger partial charge < -0.3 is 4.43 Å². The van der Waals surface area contributed by atoms with E-state index >= 15 is 0 Å². The van der Waals surface area contributed by atoms with Crippen molar-refractivity contribution in [1.29, 1.82) is 0 Å². The second-order valence-electron chi connectivity index (χ2n) is 7.96. The third kappa shape index (κ3) is 3.72. The summed E-state index contributed by atoms with van der Waals surface area (Å²) in [5, 5.41) is 0.475. The lowest BCUT2D eigenvalue weighted by atomic mass is 10.2. The largest absolute Gasteiger partial charge is 0.548 e. The second kappa shape index (κ2) is 4.58. The highest BCUT2D eigenvalue weighted by Crippen LogP contribution is 2.49. The molecule has 0 radical (unpaired) electrons. The zero-order chi connectivity index (χ0) is 13.5. The van der Waals surface area contributed by atoms with Crippen LogP contribution in [0.4, 0.5) is 0 Å². The molecule has 1 unspecified atom stereocenters. The summed E-state index contributed by atoms with van der Waals surface area (Å²) in [4.78, 5) is 0. The van der Waals surface area contributed by atoms with Gasteiger partial charge in [-0.25, -0.2) is 0 Å². The van der Waals surface area contributed by atoms with Gasteiger partial charge in [0.05, 0.1) is 13.8 Å². The van der Waals surface area contributed by atoms with E-state index in [9.17, 15) is 0 Å². The molecule has 1 aliphatic carbocycles. The van der Waals surface area contributed by atoms with E-state index in [1.54, 1.807) is 0 Å². The van der Waals surface area contributed by atoms with Crippen LogP contribution in [0.15, 0.2) is 11.8 Å². The Balaban J connectivity index is 2.78. The highest BCUT2D eigenvalue weighted by molar-refractivity contribution is 6.82. The smallest absolute Gasteiger partial charge is 0.241 e. The fourth-order valence-electron chi connectivity index (χ4n) is 2.29. The van der Waals surface area contributed by atoms with Crippen molar-refractivity contribution in [3.63, 3.8) is 0 Å². The molecule has 0 N–H and O–H groups in total. The van der Waals surface area contributed by atoms with Crippen LogP contribution in [0, 0.1) is 0 Å². The van der Waals surface area contributed by atoms with E-state index in [4.69, 9.17) is 4.43 Å². The highest BCUT2D eigenvalue weighted by atomic mass is 28.4. The van der Waals surface area contributed by atoms with Gasteiger partial charge in [-0.15, -0.1) is 0 Å². The summed E-state index contributed by atoms with van der Waals surface area (Å²) in [7, 11) is -2.64. The SMILES string of the molecule is CC(C)(C)[Si](C)(C)C1C=C(O[Si](C)(C)C)CC1. The first kappa shape index (κ1) is 15.0. The van der Waals surface area contributed by atoms with E-state index in [1.165, 1.54) is 18.6 Å². The number of hydrogen-bond acceptors (Lipinski definition) is 1. The summed E-state index contributed by atoms with van der Waals surface area (Å²) in [5.74, 6) is 1.29. The Labute approximate surface area is 110 Å². The topological polar surface area (TPSA) is 9.23 Å². The normalized spacial score (nSPS) is 22.6. The quantitative estimate of drug-likeness (QED) is 0.624. The summed E-state index contributed by atoms with van der Waals surface area (Å²) in [6.45, 7) is 19.1. The molecule has 0 spiro atoms. The van der Waals surface area contributed by atoms with Crippen LogP contribution in [0.2, 0.25) is 43.3 Å². The number of hydrogen-bond donors (Lipinski definition) is 0. The zero-order valence-corrected chi connectivity index (χ0v) is 15.0. The molecule has 1 aliphatic rings. The molecular formula is C14H30OSi2. The van der Waals surface area contributed by atoms with Crippen molar-refractivity contribution in [3.05, 3.63) is 11.8 Å². The van der Waals surface area contributed by atoms with Crippen molar-refractivity contribution in [2.75, 3.05) is 0 Å². The van der Waals surface area contributed by atoms with Gasteiger partial charge in [0.1, 0.15) is 0 Å². The molecular weight excluding hydrogens is 240 g/mol. The standard InChI is InChI=1S/C14H30OSi2/c1-14(2,3)17(7,8)13-10-9-12(11-13)15-16(4,5)6/h11,13H,9-10H2,1-8H3. The van der Waals surface area contributed by atoms with Crippen molar-refractivity contribution in [3.8, 4) is 0 Å². The van der Waals surface area contributed by atoms with E-state index in [2.05, 4.69) is 59.6 Å². The van der Waals surface area contributed by atoms with Gasteiger partial charge >= 0.3 is 0 Å². The Kier molecular flexibility index (Phi) is 4.05. The highest BCUT2D eigenvalue weighted by Gasteiger charge is 2.43. The van der Waals surface area contributed by atoms with E-state index in [-0.39, 0.29) is 0 Å². The van der Waals surface area contributed by atoms with Gasteiger partial charge in [0.2, 0.25) is 8.32 Å². The predicted molar refractivity (Wildman–Crippen MR) is 82.7 cm³/mol. The molecule has 0 amide bonds. The minimum absolute atomic E-state index is 0.475. The van der Waals surface area contributed by atoms with Crippen LogP contribution in [-0.2, 0) is 4.43 Å². The van der Waals surface area contributed by atoms with Crippen molar-refractivity contribution < 1.29 is 4.43 Å². The summed E-state index contributed by atoms with van der Waals surface area (Å²) < 4.78 is 6.16. The average molecular weight is 271 g/mol. The maximum absolute atomic E-state index is 6.16. The maximum Gasteiger partial charge on any atom is 0.241 e. The van der Waals surface area contributed by atoms with Crippen LogP contribution in [0.5, 0.6) is 0 Å².